The molecule has 0 radical (unpaired) electrons. The van der Waals surface area contributed by atoms with Gasteiger partial charge in [-0.15, -0.1) is 0 Å². The topological polar surface area (TPSA) is 26.3 Å². The Labute approximate surface area is 122 Å². The Kier molecular flexibility index (Phi) is 3.95. The molecule has 2 rings (SSSR count). The van der Waals surface area contributed by atoms with Crippen LogP contribution < -0.4 is 4.74 Å². The highest BCUT2D eigenvalue weighted by molar-refractivity contribution is 5.92. The van der Waals surface area contributed by atoms with Crippen molar-refractivity contribution in [2.24, 2.45) is 5.41 Å². The van der Waals surface area contributed by atoms with Crippen molar-refractivity contribution in [3.05, 3.63) is 29.8 Å². The number of hydrogen-bond acceptors (Lipinski definition) is 2. The van der Waals surface area contributed by atoms with Gasteiger partial charge in [0, 0.05) is 6.42 Å². The Bertz CT molecular complexity index is 492. The van der Waals surface area contributed by atoms with Gasteiger partial charge in [-0.25, -0.2) is 0 Å². The lowest BCUT2D eigenvalue weighted by Crippen LogP contribution is -2.56. The minimum atomic E-state index is -0.252. The number of hydrogen-bond donors (Lipinski definition) is 0. The maximum absolute atomic E-state index is 12.0. The molecule has 0 saturated heterocycles. The standard InChI is InChI=1S/C18H26O2/c1-6-18(7-2)15(19)12-16(18)20-14-10-8-9-13(11-14)17(3,4)5/h8-11,16H,6-7,12H2,1-5H3. The summed E-state index contributed by atoms with van der Waals surface area (Å²) in [6, 6.07) is 8.27. The first kappa shape index (κ1) is 15.1. The third-order valence-corrected chi connectivity index (χ3v) is 4.78. The van der Waals surface area contributed by atoms with Crippen molar-refractivity contribution >= 4 is 5.78 Å². The third-order valence-electron chi connectivity index (χ3n) is 4.78. The van der Waals surface area contributed by atoms with E-state index < -0.39 is 0 Å². The molecule has 0 N–H and O–H groups in total. The van der Waals surface area contributed by atoms with Crippen LogP contribution in [-0.2, 0) is 10.2 Å². The van der Waals surface area contributed by atoms with Crippen molar-refractivity contribution in [1.82, 2.24) is 0 Å². The zero-order valence-corrected chi connectivity index (χ0v) is 13.3. The van der Waals surface area contributed by atoms with E-state index in [2.05, 4.69) is 46.8 Å². The van der Waals surface area contributed by atoms with E-state index >= 15 is 0 Å². The predicted molar refractivity (Wildman–Crippen MR) is 82.2 cm³/mol. The summed E-state index contributed by atoms with van der Waals surface area (Å²) in [5, 5.41) is 0. The van der Waals surface area contributed by atoms with Gasteiger partial charge in [0.25, 0.3) is 0 Å². The quantitative estimate of drug-likeness (QED) is 0.807. The molecule has 110 valence electrons. The average molecular weight is 274 g/mol. The minimum absolute atomic E-state index is 0.0419. The minimum Gasteiger partial charge on any atom is -0.489 e. The Morgan fingerprint density at radius 3 is 2.40 bits per heavy atom. The van der Waals surface area contributed by atoms with Crippen molar-refractivity contribution in [2.75, 3.05) is 0 Å². The van der Waals surface area contributed by atoms with Crippen LogP contribution in [0.2, 0.25) is 0 Å². The van der Waals surface area contributed by atoms with E-state index in [0.717, 1.165) is 18.6 Å². The number of rotatable bonds is 4. The molecule has 0 aromatic heterocycles. The Hall–Kier alpha value is -1.31. The second-order valence-electron chi connectivity index (χ2n) is 6.87. The fourth-order valence-corrected chi connectivity index (χ4v) is 3.07. The van der Waals surface area contributed by atoms with Gasteiger partial charge in [-0.05, 0) is 36.0 Å². The summed E-state index contributed by atoms with van der Waals surface area (Å²) in [4.78, 5) is 12.0. The molecule has 1 aromatic carbocycles. The lowest BCUT2D eigenvalue weighted by atomic mass is 9.61. The van der Waals surface area contributed by atoms with Gasteiger partial charge in [0.05, 0.1) is 5.41 Å². The summed E-state index contributed by atoms with van der Waals surface area (Å²) in [6.07, 6.45) is 2.33. The van der Waals surface area contributed by atoms with E-state index in [1.807, 2.05) is 12.1 Å². The van der Waals surface area contributed by atoms with Gasteiger partial charge in [0.1, 0.15) is 17.6 Å². The summed E-state index contributed by atoms with van der Waals surface area (Å²) < 4.78 is 6.13. The van der Waals surface area contributed by atoms with Gasteiger partial charge < -0.3 is 4.74 Å². The molecule has 0 bridgehead atoms. The molecule has 0 amide bonds. The molecular weight excluding hydrogens is 248 g/mol. The molecule has 1 aromatic rings. The molecule has 0 aliphatic heterocycles. The molecule has 0 heterocycles. The van der Waals surface area contributed by atoms with E-state index in [1.165, 1.54) is 5.56 Å². The average Bonchev–Trinajstić information content (AvgIpc) is 2.39. The Morgan fingerprint density at radius 1 is 1.25 bits per heavy atom. The molecule has 0 spiro atoms. The van der Waals surface area contributed by atoms with Crippen molar-refractivity contribution in [3.8, 4) is 5.75 Å². The molecular formula is C18H26O2. The van der Waals surface area contributed by atoms with E-state index in [-0.39, 0.29) is 16.9 Å². The molecule has 1 aliphatic rings. The van der Waals surface area contributed by atoms with Crippen LogP contribution in [0.15, 0.2) is 24.3 Å². The first-order valence-electron chi connectivity index (χ1n) is 7.64. The smallest absolute Gasteiger partial charge is 0.146 e. The monoisotopic (exact) mass is 274 g/mol. The normalized spacial score (nSPS) is 21.4. The SMILES string of the molecule is CCC1(CC)C(=O)CC1Oc1cccc(C(C)(C)C)c1. The summed E-state index contributed by atoms with van der Waals surface area (Å²) in [5.41, 5.74) is 1.12. The Balaban J connectivity index is 2.17. The van der Waals surface area contributed by atoms with Crippen LogP contribution in [-0.4, -0.2) is 11.9 Å². The second kappa shape index (κ2) is 5.23. The van der Waals surface area contributed by atoms with Crippen LogP contribution in [0.3, 0.4) is 0 Å². The number of Topliss-reactive ketones (excluding diaryl/α,β-unsaturated/α-hetero) is 1. The first-order chi connectivity index (χ1) is 9.33. The largest absolute Gasteiger partial charge is 0.489 e. The van der Waals surface area contributed by atoms with E-state index in [4.69, 9.17) is 4.74 Å². The summed E-state index contributed by atoms with van der Waals surface area (Å²) in [7, 11) is 0. The van der Waals surface area contributed by atoms with Crippen molar-refractivity contribution in [2.45, 2.75) is 65.4 Å². The molecule has 1 atom stereocenters. The number of benzene rings is 1. The number of ether oxygens (including phenoxy) is 1. The van der Waals surface area contributed by atoms with Crippen LogP contribution in [0.4, 0.5) is 0 Å². The van der Waals surface area contributed by atoms with Crippen LogP contribution in [0, 0.1) is 5.41 Å². The van der Waals surface area contributed by atoms with Crippen molar-refractivity contribution in [1.29, 1.82) is 0 Å². The first-order valence-corrected chi connectivity index (χ1v) is 7.64. The number of carbonyl (C=O) groups is 1. The maximum atomic E-state index is 12.0. The molecule has 1 saturated carbocycles. The lowest BCUT2D eigenvalue weighted by molar-refractivity contribution is -0.153. The highest BCUT2D eigenvalue weighted by Crippen LogP contribution is 2.45. The van der Waals surface area contributed by atoms with Crippen LogP contribution in [0.5, 0.6) is 5.75 Å². The zero-order chi connectivity index (χ0) is 15.0. The Morgan fingerprint density at radius 2 is 1.90 bits per heavy atom. The maximum Gasteiger partial charge on any atom is 0.146 e. The van der Waals surface area contributed by atoms with E-state index in [1.54, 1.807) is 0 Å². The van der Waals surface area contributed by atoms with E-state index in [0.29, 0.717) is 12.2 Å². The van der Waals surface area contributed by atoms with Gasteiger partial charge in [-0.3, -0.25) is 4.79 Å². The van der Waals surface area contributed by atoms with Crippen molar-refractivity contribution < 1.29 is 9.53 Å². The lowest BCUT2D eigenvalue weighted by Gasteiger charge is -2.46. The fourth-order valence-electron chi connectivity index (χ4n) is 3.07. The van der Waals surface area contributed by atoms with Gasteiger partial charge in [0.2, 0.25) is 0 Å². The molecule has 1 unspecified atom stereocenters. The number of ketones is 1. The highest BCUT2D eigenvalue weighted by Gasteiger charge is 2.53. The van der Waals surface area contributed by atoms with Gasteiger partial charge in [0.15, 0.2) is 0 Å². The molecule has 20 heavy (non-hydrogen) atoms. The predicted octanol–water partition coefficient (Wildman–Crippen LogP) is 4.51. The van der Waals surface area contributed by atoms with Crippen molar-refractivity contribution in [3.63, 3.8) is 0 Å². The fraction of sp³-hybridized carbons (Fsp3) is 0.611. The van der Waals surface area contributed by atoms with Gasteiger partial charge >= 0.3 is 0 Å². The summed E-state index contributed by atoms with van der Waals surface area (Å²) in [5.74, 6) is 1.25. The molecule has 2 nitrogen and oxygen atoms in total. The molecule has 2 heteroatoms. The summed E-state index contributed by atoms with van der Waals surface area (Å²) in [6.45, 7) is 10.8. The van der Waals surface area contributed by atoms with Gasteiger partial charge in [-0.2, -0.15) is 0 Å². The van der Waals surface area contributed by atoms with Crippen LogP contribution >= 0.6 is 0 Å². The highest BCUT2D eigenvalue weighted by atomic mass is 16.5. The molecule has 1 fully saturated rings. The van der Waals surface area contributed by atoms with E-state index in [9.17, 15) is 4.79 Å². The number of carbonyl (C=O) groups excluding carboxylic acids is 1. The summed E-state index contributed by atoms with van der Waals surface area (Å²) >= 11 is 0. The second-order valence-corrected chi connectivity index (χ2v) is 6.87. The van der Waals surface area contributed by atoms with Gasteiger partial charge in [-0.1, -0.05) is 46.8 Å². The van der Waals surface area contributed by atoms with Crippen LogP contribution in [0.1, 0.15) is 59.4 Å². The third kappa shape index (κ3) is 2.48. The van der Waals surface area contributed by atoms with Crippen LogP contribution in [0.25, 0.3) is 0 Å². The molecule has 1 aliphatic carbocycles. The zero-order valence-electron chi connectivity index (χ0n) is 13.3.